The Morgan fingerprint density at radius 3 is 2.23 bits per heavy atom. The topological polar surface area (TPSA) is 40.5 Å². The molecule has 0 rings (SSSR count). The Morgan fingerprint density at radius 2 is 1.77 bits per heavy atom. The van der Waals surface area contributed by atoms with Crippen molar-refractivity contribution in [1.29, 1.82) is 0 Å². The molecule has 1 atom stereocenters. The maximum absolute atomic E-state index is 9.55. The molecular formula is C11H24O2. The van der Waals surface area contributed by atoms with Crippen molar-refractivity contribution in [3.05, 3.63) is 0 Å². The van der Waals surface area contributed by atoms with E-state index in [0.717, 1.165) is 25.7 Å². The molecule has 0 aromatic carbocycles. The van der Waals surface area contributed by atoms with Crippen LogP contribution < -0.4 is 0 Å². The van der Waals surface area contributed by atoms with Crippen LogP contribution in [0.25, 0.3) is 0 Å². The SMILES string of the molecule is CCCCC(O)(O)CCC(C)CC. The van der Waals surface area contributed by atoms with Crippen molar-refractivity contribution in [1.82, 2.24) is 0 Å². The normalized spacial score (nSPS) is 14.5. The Kier molecular flexibility index (Phi) is 6.35. The summed E-state index contributed by atoms with van der Waals surface area (Å²) in [5, 5.41) is 19.1. The molecule has 0 spiro atoms. The van der Waals surface area contributed by atoms with Crippen molar-refractivity contribution >= 4 is 0 Å². The third-order valence-electron chi connectivity index (χ3n) is 2.67. The standard InChI is InChI=1S/C11H24O2/c1-4-6-8-11(12,13)9-7-10(3)5-2/h10,12-13H,4-9H2,1-3H3. The summed E-state index contributed by atoms with van der Waals surface area (Å²) in [6, 6.07) is 0. The zero-order chi connectivity index (χ0) is 10.3. The molecular weight excluding hydrogens is 164 g/mol. The first-order chi connectivity index (χ1) is 6.02. The van der Waals surface area contributed by atoms with Crippen LogP contribution in [-0.2, 0) is 0 Å². The third kappa shape index (κ3) is 7.03. The molecule has 0 aromatic rings. The molecule has 0 heterocycles. The van der Waals surface area contributed by atoms with Gasteiger partial charge in [-0.3, -0.25) is 0 Å². The van der Waals surface area contributed by atoms with E-state index in [9.17, 15) is 10.2 Å². The minimum Gasteiger partial charge on any atom is -0.366 e. The Bertz CT molecular complexity index is 121. The summed E-state index contributed by atoms with van der Waals surface area (Å²) >= 11 is 0. The van der Waals surface area contributed by atoms with E-state index < -0.39 is 5.79 Å². The molecule has 0 radical (unpaired) electrons. The van der Waals surface area contributed by atoms with Crippen LogP contribution in [0.1, 0.15) is 59.3 Å². The van der Waals surface area contributed by atoms with E-state index in [-0.39, 0.29) is 0 Å². The van der Waals surface area contributed by atoms with Gasteiger partial charge in [0.15, 0.2) is 5.79 Å². The highest BCUT2D eigenvalue weighted by Gasteiger charge is 2.22. The zero-order valence-corrected chi connectivity index (χ0v) is 9.21. The maximum atomic E-state index is 9.55. The van der Waals surface area contributed by atoms with Crippen molar-refractivity contribution in [3.63, 3.8) is 0 Å². The summed E-state index contributed by atoms with van der Waals surface area (Å²) in [6.07, 6.45) is 4.97. The predicted molar refractivity (Wildman–Crippen MR) is 55.4 cm³/mol. The first kappa shape index (κ1) is 12.9. The van der Waals surface area contributed by atoms with E-state index in [2.05, 4.69) is 20.8 Å². The van der Waals surface area contributed by atoms with E-state index >= 15 is 0 Å². The lowest BCUT2D eigenvalue weighted by molar-refractivity contribution is -0.173. The maximum Gasteiger partial charge on any atom is 0.162 e. The molecule has 0 aliphatic heterocycles. The Balaban J connectivity index is 3.61. The van der Waals surface area contributed by atoms with Gasteiger partial charge in [0, 0.05) is 12.8 Å². The number of rotatable bonds is 7. The Labute approximate surface area is 82.0 Å². The Morgan fingerprint density at radius 1 is 1.15 bits per heavy atom. The molecule has 0 bridgehead atoms. The number of unbranched alkanes of at least 4 members (excludes halogenated alkanes) is 1. The molecule has 0 aliphatic rings. The summed E-state index contributed by atoms with van der Waals surface area (Å²) in [6.45, 7) is 6.34. The van der Waals surface area contributed by atoms with Gasteiger partial charge in [-0.25, -0.2) is 0 Å². The van der Waals surface area contributed by atoms with Crippen molar-refractivity contribution in [2.24, 2.45) is 5.92 Å². The van der Waals surface area contributed by atoms with Crippen molar-refractivity contribution in [3.8, 4) is 0 Å². The fourth-order valence-electron chi connectivity index (χ4n) is 1.27. The molecule has 80 valence electrons. The quantitative estimate of drug-likeness (QED) is 0.603. The molecule has 0 fully saturated rings. The molecule has 0 aliphatic carbocycles. The van der Waals surface area contributed by atoms with E-state index in [1.165, 1.54) is 0 Å². The second kappa shape index (κ2) is 6.39. The van der Waals surface area contributed by atoms with Crippen molar-refractivity contribution in [2.75, 3.05) is 0 Å². The fraction of sp³-hybridized carbons (Fsp3) is 1.00. The smallest absolute Gasteiger partial charge is 0.162 e. The minimum atomic E-state index is -1.42. The van der Waals surface area contributed by atoms with Crippen LogP contribution in [0.15, 0.2) is 0 Å². The second-order valence-electron chi connectivity index (χ2n) is 4.14. The van der Waals surface area contributed by atoms with E-state index in [1.807, 2.05) is 0 Å². The minimum absolute atomic E-state index is 0.514. The van der Waals surface area contributed by atoms with Crippen LogP contribution in [-0.4, -0.2) is 16.0 Å². The molecule has 2 nitrogen and oxygen atoms in total. The van der Waals surface area contributed by atoms with Gasteiger partial charge in [-0.15, -0.1) is 0 Å². The van der Waals surface area contributed by atoms with Gasteiger partial charge >= 0.3 is 0 Å². The third-order valence-corrected chi connectivity index (χ3v) is 2.67. The van der Waals surface area contributed by atoms with E-state index in [4.69, 9.17) is 0 Å². The lowest BCUT2D eigenvalue weighted by Crippen LogP contribution is -2.28. The predicted octanol–water partition coefficient (Wildman–Crippen LogP) is 2.68. The number of hydrogen-bond donors (Lipinski definition) is 2. The van der Waals surface area contributed by atoms with Gasteiger partial charge in [0.1, 0.15) is 0 Å². The van der Waals surface area contributed by atoms with Crippen LogP contribution in [0.2, 0.25) is 0 Å². The number of aliphatic hydroxyl groups is 2. The highest BCUT2D eigenvalue weighted by Crippen LogP contribution is 2.21. The lowest BCUT2D eigenvalue weighted by atomic mass is 9.96. The molecule has 2 heteroatoms. The largest absolute Gasteiger partial charge is 0.366 e. The van der Waals surface area contributed by atoms with Crippen LogP contribution in [0.3, 0.4) is 0 Å². The van der Waals surface area contributed by atoms with Gasteiger partial charge in [-0.1, -0.05) is 33.6 Å². The monoisotopic (exact) mass is 188 g/mol. The average molecular weight is 188 g/mol. The van der Waals surface area contributed by atoms with Gasteiger partial charge in [0.25, 0.3) is 0 Å². The molecule has 0 aromatic heterocycles. The molecule has 0 saturated carbocycles. The van der Waals surface area contributed by atoms with Gasteiger partial charge < -0.3 is 10.2 Å². The van der Waals surface area contributed by atoms with E-state index in [1.54, 1.807) is 0 Å². The highest BCUT2D eigenvalue weighted by molar-refractivity contribution is 4.66. The Hall–Kier alpha value is -0.0800. The highest BCUT2D eigenvalue weighted by atomic mass is 16.5. The molecule has 0 amide bonds. The van der Waals surface area contributed by atoms with Crippen LogP contribution in [0.5, 0.6) is 0 Å². The van der Waals surface area contributed by atoms with Gasteiger partial charge in [-0.05, 0) is 18.8 Å². The van der Waals surface area contributed by atoms with Gasteiger partial charge in [0.2, 0.25) is 0 Å². The van der Waals surface area contributed by atoms with Gasteiger partial charge in [0.05, 0.1) is 0 Å². The molecule has 0 saturated heterocycles. The summed E-state index contributed by atoms with van der Waals surface area (Å²) in [5.41, 5.74) is 0. The first-order valence-corrected chi connectivity index (χ1v) is 5.46. The van der Waals surface area contributed by atoms with Gasteiger partial charge in [-0.2, -0.15) is 0 Å². The lowest BCUT2D eigenvalue weighted by Gasteiger charge is -2.22. The van der Waals surface area contributed by atoms with Crippen molar-refractivity contribution < 1.29 is 10.2 Å². The summed E-state index contributed by atoms with van der Waals surface area (Å²) in [7, 11) is 0. The van der Waals surface area contributed by atoms with Crippen molar-refractivity contribution in [2.45, 2.75) is 65.1 Å². The summed E-state index contributed by atoms with van der Waals surface area (Å²) in [4.78, 5) is 0. The molecule has 13 heavy (non-hydrogen) atoms. The van der Waals surface area contributed by atoms with Crippen LogP contribution in [0.4, 0.5) is 0 Å². The fourth-order valence-corrected chi connectivity index (χ4v) is 1.27. The number of hydrogen-bond acceptors (Lipinski definition) is 2. The summed E-state index contributed by atoms with van der Waals surface area (Å²) < 4.78 is 0. The molecule has 1 unspecified atom stereocenters. The van der Waals surface area contributed by atoms with Crippen LogP contribution >= 0.6 is 0 Å². The molecule has 2 N–H and O–H groups in total. The summed E-state index contributed by atoms with van der Waals surface area (Å²) in [5.74, 6) is -0.820. The zero-order valence-electron chi connectivity index (χ0n) is 9.21. The van der Waals surface area contributed by atoms with Crippen LogP contribution in [0, 0.1) is 5.92 Å². The van der Waals surface area contributed by atoms with E-state index in [0.29, 0.717) is 18.8 Å². The average Bonchev–Trinajstić information content (AvgIpc) is 2.11. The first-order valence-electron chi connectivity index (χ1n) is 5.46. The second-order valence-corrected chi connectivity index (χ2v) is 4.14.